The molecule has 0 saturated carbocycles. The van der Waals surface area contributed by atoms with Crippen LogP contribution in [0, 0.1) is 23.3 Å². The normalized spacial score (nSPS) is 14.5. The number of carbonyl (C=O) groups excluding carboxylic acids is 1. The van der Waals surface area contributed by atoms with Crippen LogP contribution in [0.2, 0.25) is 5.02 Å². The van der Waals surface area contributed by atoms with Gasteiger partial charge in [-0.1, -0.05) is 23.7 Å². The van der Waals surface area contributed by atoms with E-state index in [0.717, 1.165) is 12.1 Å². The molecule has 0 radical (unpaired) electrons. The van der Waals surface area contributed by atoms with Gasteiger partial charge < -0.3 is 14.1 Å². The number of amides is 1. The van der Waals surface area contributed by atoms with Crippen LogP contribution >= 0.6 is 11.6 Å². The fourth-order valence-corrected chi connectivity index (χ4v) is 3.76. The average molecular weight is 483 g/mol. The first-order valence-electron chi connectivity index (χ1n) is 10.1. The number of hydrogen-bond acceptors (Lipinski definition) is 4. The molecule has 0 N–H and O–H groups in total. The molecule has 5 nitrogen and oxygen atoms in total. The molecule has 0 atom stereocenters. The predicted octanol–water partition coefficient (Wildman–Crippen LogP) is 5.03. The van der Waals surface area contributed by atoms with Gasteiger partial charge in [-0.05, 0) is 29.8 Å². The Labute approximate surface area is 192 Å². The van der Waals surface area contributed by atoms with Gasteiger partial charge in [0.15, 0.2) is 23.1 Å². The summed E-state index contributed by atoms with van der Waals surface area (Å²) in [6.45, 7) is 2.52. The van der Waals surface area contributed by atoms with Gasteiger partial charge in [-0.2, -0.15) is 8.78 Å². The van der Waals surface area contributed by atoms with Gasteiger partial charge in [-0.25, -0.2) is 8.78 Å². The van der Waals surface area contributed by atoms with E-state index in [1.807, 2.05) is 24.3 Å². The maximum atomic E-state index is 13.7. The molecule has 1 aromatic heterocycles. The largest absolute Gasteiger partial charge is 0.479 e. The molecule has 2 heterocycles. The molecule has 10 heteroatoms. The van der Waals surface area contributed by atoms with Gasteiger partial charge in [-0.3, -0.25) is 9.69 Å². The summed E-state index contributed by atoms with van der Waals surface area (Å²) in [7, 11) is 0. The van der Waals surface area contributed by atoms with E-state index in [1.54, 1.807) is 4.90 Å². The number of halogens is 5. The van der Waals surface area contributed by atoms with E-state index in [2.05, 4.69) is 4.90 Å². The van der Waals surface area contributed by atoms with Crippen LogP contribution in [0.4, 0.5) is 17.6 Å². The molecular weight excluding hydrogens is 464 g/mol. The van der Waals surface area contributed by atoms with E-state index in [1.165, 1.54) is 12.1 Å². The van der Waals surface area contributed by atoms with Crippen molar-refractivity contribution in [2.24, 2.45) is 0 Å². The Kier molecular flexibility index (Phi) is 6.90. The van der Waals surface area contributed by atoms with Crippen molar-refractivity contribution in [2.45, 2.75) is 13.2 Å². The van der Waals surface area contributed by atoms with Crippen LogP contribution in [-0.2, 0) is 13.2 Å². The zero-order chi connectivity index (χ0) is 23.5. The summed E-state index contributed by atoms with van der Waals surface area (Å²) in [5.41, 5.74) is 1.09. The molecule has 0 bridgehead atoms. The number of rotatable bonds is 6. The molecule has 1 aliphatic heterocycles. The topological polar surface area (TPSA) is 45.9 Å². The van der Waals surface area contributed by atoms with Crippen molar-refractivity contribution in [3.8, 4) is 5.75 Å². The summed E-state index contributed by atoms with van der Waals surface area (Å²) >= 11 is 6.02. The Bertz CT molecular complexity index is 1140. The van der Waals surface area contributed by atoms with Crippen molar-refractivity contribution in [1.82, 2.24) is 9.80 Å². The summed E-state index contributed by atoms with van der Waals surface area (Å²) in [5.74, 6) is -7.86. The van der Waals surface area contributed by atoms with Crippen LogP contribution < -0.4 is 4.74 Å². The first-order valence-corrected chi connectivity index (χ1v) is 10.5. The summed E-state index contributed by atoms with van der Waals surface area (Å²) in [6, 6.07) is 10.5. The van der Waals surface area contributed by atoms with Gasteiger partial charge in [0.1, 0.15) is 12.4 Å². The highest BCUT2D eigenvalue weighted by Crippen LogP contribution is 2.27. The smallest absolute Gasteiger partial charge is 0.289 e. The molecule has 4 rings (SSSR count). The Balaban J connectivity index is 1.32. The number of benzene rings is 2. The lowest BCUT2D eigenvalue weighted by molar-refractivity contribution is 0.0594. The fourth-order valence-electron chi connectivity index (χ4n) is 3.55. The lowest BCUT2D eigenvalue weighted by Crippen LogP contribution is -2.48. The number of hydrogen-bond donors (Lipinski definition) is 0. The van der Waals surface area contributed by atoms with Crippen molar-refractivity contribution in [2.75, 3.05) is 26.2 Å². The highest BCUT2D eigenvalue weighted by atomic mass is 35.5. The van der Waals surface area contributed by atoms with E-state index in [4.69, 9.17) is 20.8 Å². The summed E-state index contributed by atoms with van der Waals surface area (Å²) < 4.78 is 64.3. The van der Waals surface area contributed by atoms with Crippen molar-refractivity contribution in [3.05, 3.63) is 87.8 Å². The number of ether oxygens (including phenoxy) is 1. The molecule has 0 aliphatic carbocycles. The maximum absolute atomic E-state index is 13.7. The third-order valence-corrected chi connectivity index (χ3v) is 5.49. The Hall–Kier alpha value is -3.04. The molecule has 174 valence electrons. The second kappa shape index (κ2) is 9.84. The molecule has 1 saturated heterocycles. The van der Waals surface area contributed by atoms with Gasteiger partial charge >= 0.3 is 0 Å². The van der Waals surface area contributed by atoms with Crippen LogP contribution in [0.25, 0.3) is 0 Å². The molecule has 0 unspecified atom stereocenters. The highest BCUT2D eigenvalue weighted by Gasteiger charge is 2.25. The number of furan rings is 1. The molecule has 1 fully saturated rings. The first kappa shape index (κ1) is 23.1. The minimum Gasteiger partial charge on any atom is -0.479 e. The minimum absolute atomic E-state index is 0.0308. The van der Waals surface area contributed by atoms with Crippen LogP contribution in [0.15, 0.2) is 46.9 Å². The van der Waals surface area contributed by atoms with Gasteiger partial charge in [0, 0.05) is 43.8 Å². The molecule has 1 amide bonds. The first-order chi connectivity index (χ1) is 15.8. The van der Waals surface area contributed by atoms with Crippen molar-refractivity contribution < 1.29 is 31.5 Å². The third kappa shape index (κ3) is 5.31. The van der Waals surface area contributed by atoms with Gasteiger partial charge in [-0.15, -0.1) is 0 Å². The molecule has 3 aromatic rings. The van der Waals surface area contributed by atoms with E-state index in [0.29, 0.717) is 31.2 Å². The lowest BCUT2D eigenvalue weighted by Gasteiger charge is -2.34. The standard InChI is InChI=1S/C23H19ClF4N2O3/c24-15-3-1-2-14(10-15)12-29-6-8-30(9-7-29)23(31)19-5-4-16(33-19)13-32-22-20(27)17(25)11-18(26)21(22)28/h1-5,10-11H,6-9,12-13H2. The molecule has 33 heavy (non-hydrogen) atoms. The van der Waals surface area contributed by atoms with E-state index >= 15 is 0 Å². The van der Waals surface area contributed by atoms with Crippen molar-refractivity contribution in [3.63, 3.8) is 0 Å². The minimum atomic E-state index is -1.65. The second-order valence-electron chi connectivity index (χ2n) is 7.55. The van der Waals surface area contributed by atoms with Gasteiger partial charge in [0.2, 0.25) is 11.6 Å². The Morgan fingerprint density at radius 3 is 2.33 bits per heavy atom. The molecule has 2 aromatic carbocycles. The number of piperazine rings is 1. The van der Waals surface area contributed by atoms with Crippen LogP contribution in [-0.4, -0.2) is 41.9 Å². The Morgan fingerprint density at radius 2 is 1.67 bits per heavy atom. The summed E-state index contributed by atoms with van der Waals surface area (Å²) in [4.78, 5) is 16.6. The zero-order valence-electron chi connectivity index (χ0n) is 17.3. The maximum Gasteiger partial charge on any atom is 0.289 e. The quantitative estimate of drug-likeness (QED) is 0.365. The Morgan fingerprint density at radius 1 is 0.970 bits per heavy atom. The molecule has 0 spiro atoms. The second-order valence-corrected chi connectivity index (χ2v) is 7.99. The van der Waals surface area contributed by atoms with Crippen molar-refractivity contribution >= 4 is 17.5 Å². The molecule has 1 aliphatic rings. The van der Waals surface area contributed by atoms with E-state index in [9.17, 15) is 22.4 Å². The zero-order valence-corrected chi connectivity index (χ0v) is 18.0. The van der Waals surface area contributed by atoms with Crippen LogP contribution in [0.5, 0.6) is 5.75 Å². The SMILES string of the molecule is O=C(c1ccc(COc2c(F)c(F)cc(F)c2F)o1)N1CCN(Cc2cccc(Cl)c2)CC1. The number of carbonyl (C=O) groups is 1. The van der Waals surface area contributed by atoms with Crippen molar-refractivity contribution in [1.29, 1.82) is 0 Å². The fraction of sp³-hybridized carbons (Fsp3) is 0.261. The van der Waals surface area contributed by atoms with Gasteiger partial charge in [0.05, 0.1) is 0 Å². The van der Waals surface area contributed by atoms with E-state index < -0.39 is 35.6 Å². The summed E-state index contributed by atoms with van der Waals surface area (Å²) in [5, 5.41) is 0.673. The highest BCUT2D eigenvalue weighted by molar-refractivity contribution is 6.30. The van der Waals surface area contributed by atoms with E-state index in [-0.39, 0.29) is 23.5 Å². The number of nitrogens with zero attached hydrogens (tertiary/aromatic N) is 2. The molecular formula is C23H19ClF4N2O3. The van der Waals surface area contributed by atoms with Gasteiger partial charge in [0.25, 0.3) is 5.91 Å². The van der Waals surface area contributed by atoms with Crippen LogP contribution in [0.1, 0.15) is 21.9 Å². The monoisotopic (exact) mass is 482 g/mol. The summed E-state index contributed by atoms with van der Waals surface area (Å²) in [6.07, 6.45) is 0. The lowest BCUT2D eigenvalue weighted by atomic mass is 10.2. The average Bonchev–Trinajstić information content (AvgIpc) is 3.27. The van der Waals surface area contributed by atoms with Crippen LogP contribution in [0.3, 0.4) is 0 Å². The third-order valence-electron chi connectivity index (χ3n) is 5.26. The predicted molar refractivity (Wildman–Crippen MR) is 112 cm³/mol.